The summed E-state index contributed by atoms with van der Waals surface area (Å²) in [5.74, 6) is 3.18. The van der Waals surface area contributed by atoms with Crippen LogP contribution in [0, 0.1) is 6.92 Å². The van der Waals surface area contributed by atoms with E-state index in [4.69, 9.17) is 9.47 Å². The lowest BCUT2D eigenvalue weighted by Gasteiger charge is -2.30. The Balaban J connectivity index is 1.28. The molecule has 0 atom stereocenters. The second-order valence-electron chi connectivity index (χ2n) is 8.71. The van der Waals surface area contributed by atoms with Crippen LogP contribution in [0.3, 0.4) is 0 Å². The van der Waals surface area contributed by atoms with Crippen LogP contribution in [0.1, 0.15) is 55.8 Å². The lowest BCUT2D eigenvalue weighted by atomic mass is 9.90. The second kappa shape index (κ2) is 9.18. The van der Waals surface area contributed by atoms with Crippen molar-refractivity contribution in [3.05, 3.63) is 54.1 Å². The molecular formula is C25H30N4O2. The molecule has 2 fully saturated rings. The number of anilines is 1. The van der Waals surface area contributed by atoms with Crippen LogP contribution in [0.25, 0.3) is 10.9 Å². The van der Waals surface area contributed by atoms with Crippen LogP contribution in [0.15, 0.2) is 42.7 Å². The third-order valence-corrected chi connectivity index (χ3v) is 6.48. The predicted molar refractivity (Wildman–Crippen MR) is 122 cm³/mol. The van der Waals surface area contributed by atoms with E-state index in [1.807, 2.05) is 31.5 Å². The highest BCUT2D eigenvalue weighted by molar-refractivity contribution is 5.85. The standard InChI is InChI=1S/C25H30N4O2/c1-17-26-12-8-24(28-17)29-21-4-6-22(7-5-21)31-23-16-20(18-9-13-30-14-10-18)15-19-3-2-11-27-25(19)23/h2-3,8,11-12,15-16,18,21-22H,4-7,9-10,13-14H2,1H3,(H,26,28,29). The van der Waals surface area contributed by atoms with E-state index in [9.17, 15) is 0 Å². The Labute approximate surface area is 183 Å². The highest BCUT2D eigenvalue weighted by Gasteiger charge is 2.24. The zero-order valence-electron chi connectivity index (χ0n) is 18.1. The summed E-state index contributed by atoms with van der Waals surface area (Å²) in [4.78, 5) is 13.3. The maximum Gasteiger partial charge on any atom is 0.146 e. The summed E-state index contributed by atoms with van der Waals surface area (Å²) in [7, 11) is 0. The van der Waals surface area contributed by atoms with Gasteiger partial charge in [0.05, 0.1) is 6.10 Å². The fourth-order valence-electron chi connectivity index (χ4n) is 4.79. The van der Waals surface area contributed by atoms with Crippen LogP contribution < -0.4 is 10.1 Å². The van der Waals surface area contributed by atoms with Crippen molar-refractivity contribution in [2.45, 2.75) is 63.5 Å². The number of benzene rings is 1. The molecule has 0 radical (unpaired) electrons. The normalized spacial score (nSPS) is 22.4. The molecule has 6 heteroatoms. The minimum atomic E-state index is 0.223. The first-order valence-corrected chi connectivity index (χ1v) is 11.4. The molecule has 1 aromatic carbocycles. The van der Waals surface area contributed by atoms with Crippen LogP contribution in [-0.2, 0) is 4.74 Å². The molecule has 31 heavy (non-hydrogen) atoms. The third kappa shape index (κ3) is 4.79. The van der Waals surface area contributed by atoms with E-state index in [0.717, 1.165) is 80.0 Å². The third-order valence-electron chi connectivity index (χ3n) is 6.48. The number of nitrogens with one attached hydrogen (secondary N) is 1. The molecule has 2 aliphatic rings. The van der Waals surface area contributed by atoms with E-state index >= 15 is 0 Å². The van der Waals surface area contributed by atoms with Gasteiger partial charge in [-0.3, -0.25) is 4.98 Å². The Morgan fingerprint density at radius 3 is 2.61 bits per heavy atom. The van der Waals surface area contributed by atoms with Crippen LogP contribution in [-0.4, -0.2) is 40.3 Å². The Hall–Kier alpha value is -2.73. The summed E-state index contributed by atoms with van der Waals surface area (Å²) >= 11 is 0. The van der Waals surface area contributed by atoms with E-state index in [2.05, 4.69) is 38.5 Å². The first-order chi connectivity index (χ1) is 15.2. The molecule has 0 unspecified atom stereocenters. The molecule has 1 aliphatic carbocycles. The zero-order chi connectivity index (χ0) is 21.0. The van der Waals surface area contributed by atoms with Crippen LogP contribution >= 0.6 is 0 Å². The molecule has 0 bridgehead atoms. The van der Waals surface area contributed by atoms with Gasteiger partial charge in [-0.05, 0) is 81.2 Å². The fraction of sp³-hybridized carbons (Fsp3) is 0.480. The first-order valence-electron chi connectivity index (χ1n) is 11.4. The number of rotatable bonds is 5. The maximum absolute atomic E-state index is 6.57. The van der Waals surface area contributed by atoms with Crippen molar-refractivity contribution >= 4 is 16.7 Å². The van der Waals surface area contributed by atoms with Crippen molar-refractivity contribution in [3.63, 3.8) is 0 Å². The lowest BCUT2D eigenvalue weighted by Crippen LogP contribution is -2.31. The largest absolute Gasteiger partial charge is 0.488 e. The van der Waals surface area contributed by atoms with Gasteiger partial charge in [-0.15, -0.1) is 0 Å². The number of nitrogens with zero attached hydrogens (tertiary/aromatic N) is 3. The van der Waals surface area contributed by atoms with E-state index in [0.29, 0.717) is 12.0 Å². The minimum absolute atomic E-state index is 0.223. The summed E-state index contributed by atoms with van der Waals surface area (Å²) < 4.78 is 12.1. The topological polar surface area (TPSA) is 69.2 Å². The summed E-state index contributed by atoms with van der Waals surface area (Å²) in [5.41, 5.74) is 2.32. The minimum Gasteiger partial charge on any atom is -0.488 e. The Morgan fingerprint density at radius 2 is 1.81 bits per heavy atom. The molecule has 1 saturated carbocycles. The van der Waals surface area contributed by atoms with Gasteiger partial charge in [-0.2, -0.15) is 0 Å². The molecule has 3 aromatic rings. The van der Waals surface area contributed by atoms with E-state index in [1.165, 1.54) is 5.56 Å². The number of aromatic nitrogens is 3. The van der Waals surface area contributed by atoms with Crippen molar-refractivity contribution in [2.24, 2.45) is 0 Å². The van der Waals surface area contributed by atoms with Crippen molar-refractivity contribution in [2.75, 3.05) is 18.5 Å². The molecule has 1 aliphatic heterocycles. The number of hydrogen-bond donors (Lipinski definition) is 1. The smallest absolute Gasteiger partial charge is 0.146 e. The van der Waals surface area contributed by atoms with Gasteiger partial charge in [0.15, 0.2) is 0 Å². The van der Waals surface area contributed by atoms with E-state index in [1.54, 1.807) is 0 Å². The van der Waals surface area contributed by atoms with Gasteiger partial charge in [0.25, 0.3) is 0 Å². The molecule has 6 nitrogen and oxygen atoms in total. The first kappa shape index (κ1) is 20.2. The molecular weight excluding hydrogens is 388 g/mol. The van der Waals surface area contributed by atoms with Crippen LogP contribution in [0.2, 0.25) is 0 Å². The van der Waals surface area contributed by atoms with Gasteiger partial charge in [-0.25, -0.2) is 9.97 Å². The number of pyridine rings is 1. The Kier molecular flexibility index (Phi) is 5.98. The van der Waals surface area contributed by atoms with E-state index < -0.39 is 0 Å². The van der Waals surface area contributed by atoms with Gasteiger partial charge < -0.3 is 14.8 Å². The summed E-state index contributed by atoms with van der Waals surface area (Å²) in [6, 6.07) is 11.0. The van der Waals surface area contributed by atoms with Gasteiger partial charge in [0, 0.05) is 37.0 Å². The van der Waals surface area contributed by atoms with Crippen LogP contribution in [0.4, 0.5) is 5.82 Å². The average molecular weight is 419 g/mol. The molecule has 1 N–H and O–H groups in total. The second-order valence-corrected chi connectivity index (χ2v) is 8.71. The van der Waals surface area contributed by atoms with Crippen molar-refractivity contribution in [1.82, 2.24) is 15.0 Å². The van der Waals surface area contributed by atoms with Gasteiger partial charge in [-0.1, -0.05) is 6.07 Å². The predicted octanol–water partition coefficient (Wildman–Crippen LogP) is 5.03. The molecule has 162 valence electrons. The highest BCUT2D eigenvalue weighted by atomic mass is 16.5. The number of aryl methyl sites for hydroxylation is 1. The summed E-state index contributed by atoms with van der Waals surface area (Å²) in [5, 5.41) is 4.72. The molecule has 0 spiro atoms. The zero-order valence-corrected chi connectivity index (χ0v) is 18.1. The van der Waals surface area contributed by atoms with Crippen molar-refractivity contribution < 1.29 is 9.47 Å². The molecule has 2 aromatic heterocycles. The monoisotopic (exact) mass is 418 g/mol. The summed E-state index contributed by atoms with van der Waals surface area (Å²) in [6.07, 6.45) is 10.2. The Morgan fingerprint density at radius 1 is 0.968 bits per heavy atom. The molecule has 5 rings (SSSR count). The SMILES string of the molecule is Cc1nccc(NC2CCC(Oc3cc(C4CCOCC4)cc4cccnc34)CC2)n1. The molecule has 3 heterocycles. The maximum atomic E-state index is 6.57. The van der Waals surface area contributed by atoms with Crippen molar-refractivity contribution in [3.8, 4) is 5.75 Å². The fourth-order valence-corrected chi connectivity index (χ4v) is 4.79. The van der Waals surface area contributed by atoms with Gasteiger partial charge in [0.1, 0.15) is 22.9 Å². The van der Waals surface area contributed by atoms with Crippen LogP contribution in [0.5, 0.6) is 5.75 Å². The summed E-state index contributed by atoms with van der Waals surface area (Å²) in [6.45, 7) is 3.60. The van der Waals surface area contributed by atoms with E-state index in [-0.39, 0.29) is 6.10 Å². The lowest BCUT2D eigenvalue weighted by molar-refractivity contribution is 0.0852. The molecule has 1 saturated heterocycles. The average Bonchev–Trinajstić information content (AvgIpc) is 2.81. The number of fused-ring (bicyclic) bond motifs is 1. The molecule has 0 amide bonds. The number of hydrogen-bond acceptors (Lipinski definition) is 6. The number of ether oxygens (including phenoxy) is 2. The van der Waals surface area contributed by atoms with Crippen molar-refractivity contribution in [1.29, 1.82) is 0 Å². The Bertz CT molecular complexity index is 1030. The highest BCUT2D eigenvalue weighted by Crippen LogP contribution is 2.35. The van der Waals surface area contributed by atoms with Gasteiger partial charge >= 0.3 is 0 Å². The van der Waals surface area contributed by atoms with Gasteiger partial charge in [0.2, 0.25) is 0 Å². The quantitative estimate of drug-likeness (QED) is 0.627.